The van der Waals surface area contributed by atoms with Crippen LogP contribution in [0.4, 0.5) is 13.2 Å². The standard InChI is InChI=1S/C25H29F3N4O3/c1-15(2)21(13-25(26,27)28)31-24(34)22(16-8-10-19(35-3)11-9-16)32-23(33)20(30)12-17-6-4-5-7-18(17)14-29/h4-11,15,20-22H,12-13,30H2,1-3H3,(H,31,34)(H,32,33)/t20?,21-,22?/m1/s1. The fourth-order valence-corrected chi connectivity index (χ4v) is 3.45. The van der Waals surface area contributed by atoms with Crippen LogP contribution in [0.5, 0.6) is 5.75 Å². The Morgan fingerprint density at radius 1 is 1.06 bits per heavy atom. The van der Waals surface area contributed by atoms with Gasteiger partial charge in [0, 0.05) is 6.04 Å². The number of nitriles is 1. The first-order valence-corrected chi connectivity index (χ1v) is 11.0. The zero-order valence-electron chi connectivity index (χ0n) is 19.7. The molecular formula is C25H29F3N4O3. The number of amides is 2. The van der Waals surface area contributed by atoms with Crippen molar-refractivity contribution in [1.82, 2.24) is 10.6 Å². The lowest BCUT2D eigenvalue weighted by Gasteiger charge is -2.27. The summed E-state index contributed by atoms with van der Waals surface area (Å²) in [5, 5.41) is 14.2. The van der Waals surface area contributed by atoms with Gasteiger partial charge in [0.1, 0.15) is 11.8 Å². The van der Waals surface area contributed by atoms with Gasteiger partial charge in [-0.15, -0.1) is 0 Å². The van der Waals surface area contributed by atoms with Gasteiger partial charge < -0.3 is 21.1 Å². The highest BCUT2D eigenvalue weighted by Crippen LogP contribution is 2.26. The Labute approximate surface area is 202 Å². The molecule has 0 aliphatic rings. The number of hydrogen-bond acceptors (Lipinski definition) is 5. The third-order valence-corrected chi connectivity index (χ3v) is 5.50. The second kappa shape index (κ2) is 12.2. The number of nitrogens with two attached hydrogens (primary N) is 1. The van der Waals surface area contributed by atoms with Crippen LogP contribution >= 0.6 is 0 Å². The molecule has 2 aromatic rings. The van der Waals surface area contributed by atoms with E-state index >= 15 is 0 Å². The molecular weight excluding hydrogens is 461 g/mol. The Kier molecular flexibility index (Phi) is 9.66. The summed E-state index contributed by atoms with van der Waals surface area (Å²) in [5.74, 6) is -1.49. The number of carbonyl (C=O) groups is 2. The molecule has 0 bridgehead atoms. The predicted octanol–water partition coefficient (Wildman–Crippen LogP) is 3.39. The molecule has 0 aliphatic carbocycles. The quantitative estimate of drug-likeness (QED) is 0.472. The average molecular weight is 491 g/mol. The van der Waals surface area contributed by atoms with E-state index in [2.05, 4.69) is 10.6 Å². The highest BCUT2D eigenvalue weighted by Gasteiger charge is 2.36. The van der Waals surface area contributed by atoms with E-state index in [1.54, 1.807) is 50.2 Å². The van der Waals surface area contributed by atoms with E-state index < -0.39 is 48.5 Å². The van der Waals surface area contributed by atoms with Gasteiger partial charge in [0.05, 0.1) is 31.2 Å². The minimum absolute atomic E-state index is 0.0369. The lowest BCUT2D eigenvalue weighted by atomic mass is 9.98. The van der Waals surface area contributed by atoms with E-state index in [0.717, 1.165) is 0 Å². The molecule has 2 amide bonds. The van der Waals surface area contributed by atoms with E-state index in [4.69, 9.17) is 10.5 Å². The van der Waals surface area contributed by atoms with Crippen molar-refractivity contribution >= 4 is 11.8 Å². The maximum atomic E-state index is 13.1. The molecule has 0 fully saturated rings. The van der Waals surface area contributed by atoms with E-state index in [0.29, 0.717) is 22.4 Å². The van der Waals surface area contributed by atoms with Crippen molar-refractivity contribution in [3.63, 3.8) is 0 Å². The van der Waals surface area contributed by atoms with E-state index in [1.165, 1.54) is 19.2 Å². The molecule has 0 saturated heterocycles. The second-order valence-corrected chi connectivity index (χ2v) is 8.47. The molecule has 2 aromatic carbocycles. The number of rotatable bonds is 10. The molecule has 0 aromatic heterocycles. The number of methoxy groups -OCH3 is 1. The van der Waals surface area contributed by atoms with Gasteiger partial charge in [-0.1, -0.05) is 44.2 Å². The van der Waals surface area contributed by atoms with Gasteiger partial charge in [0.25, 0.3) is 0 Å². The number of halogens is 3. The molecule has 10 heteroatoms. The van der Waals surface area contributed by atoms with Crippen LogP contribution in [0, 0.1) is 17.2 Å². The molecule has 188 valence electrons. The van der Waals surface area contributed by atoms with Gasteiger partial charge in [-0.3, -0.25) is 9.59 Å². The lowest BCUT2D eigenvalue weighted by molar-refractivity contribution is -0.145. The fraction of sp³-hybridized carbons (Fsp3) is 0.400. The van der Waals surface area contributed by atoms with Crippen molar-refractivity contribution in [2.45, 2.75) is 51.0 Å². The third kappa shape index (κ3) is 8.30. The van der Waals surface area contributed by atoms with E-state index in [9.17, 15) is 28.0 Å². The van der Waals surface area contributed by atoms with Crippen LogP contribution in [0.1, 0.15) is 43.0 Å². The summed E-state index contributed by atoms with van der Waals surface area (Å²) < 4.78 is 44.2. The van der Waals surface area contributed by atoms with Crippen LogP contribution in [0.15, 0.2) is 48.5 Å². The highest BCUT2D eigenvalue weighted by atomic mass is 19.4. The average Bonchev–Trinajstić information content (AvgIpc) is 2.81. The lowest BCUT2D eigenvalue weighted by Crippen LogP contribution is -2.50. The zero-order chi connectivity index (χ0) is 26.2. The maximum absolute atomic E-state index is 13.1. The van der Waals surface area contributed by atoms with Crippen LogP contribution < -0.4 is 21.1 Å². The number of nitrogens with one attached hydrogen (secondary N) is 2. The molecule has 4 N–H and O–H groups in total. The van der Waals surface area contributed by atoms with Crippen LogP contribution in [-0.2, 0) is 16.0 Å². The number of benzene rings is 2. The summed E-state index contributed by atoms with van der Waals surface area (Å²) in [6, 6.07) is 11.3. The van der Waals surface area contributed by atoms with Crippen molar-refractivity contribution < 1.29 is 27.5 Å². The summed E-state index contributed by atoms with van der Waals surface area (Å²) in [7, 11) is 1.46. The van der Waals surface area contributed by atoms with Gasteiger partial charge in [-0.2, -0.15) is 18.4 Å². The number of carbonyl (C=O) groups excluding carboxylic acids is 2. The largest absolute Gasteiger partial charge is 0.497 e. The van der Waals surface area contributed by atoms with Gasteiger partial charge in [0.15, 0.2) is 0 Å². The first kappa shape index (κ1) is 27.7. The summed E-state index contributed by atoms with van der Waals surface area (Å²) in [6.07, 6.45) is -5.64. The van der Waals surface area contributed by atoms with E-state index in [1.807, 2.05) is 6.07 Å². The number of alkyl halides is 3. The van der Waals surface area contributed by atoms with E-state index in [-0.39, 0.29) is 6.42 Å². The molecule has 0 radical (unpaired) electrons. The molecule has 0 spiro atoms. The van der Waals surface area contributed by atoms with Crippen molar-refractivity contribution in [2.75, 3.05) is 7.11 Å². The van der Waals surface area contributed by atoms with Crippen molar-refractivity contribution in [2.24, 2.45) is 11.7 Å². The number of nitrogens with zero attached hydrogens (tertiary/aromatic N) is 1. The molecule has 35 heavy (non-hydrogen) atoms. The maximum Gasteiger partial charge on any atom is 0.391 e. The molecule has 3 atom stereocenters. The topological polar surface area (TPSA) is 117 Å². The minimum atomic E-state index is -4.47. The number of hydrogen-bond donors (Lipinski definition) is 3. The smallest absolute Gasteiger partial charge is 0.391 e. The summed E-state index contributed by atoms with van der Waals surface area (Å²) >= 11 is 0. The van der Waals surface area contributed by atoms with Gasteiger partial charge >= 0.3 is 6.18 Å². The summed E-state index contributed by atoms with van der Waals surface area (Å²) in [5.41, 5.74) is 7.33. The highest BCUT2D eigenvalue weighted by molar-refractivity contribution is 5.90. The zero-order valence-corrected chi connectivity index (χ0v) is 19.7. The molecule has 7 nitrogen and oxygen atoms in total. The Morgan fingerprint density at radius 2 is 1.69 bits per heavy atom. The first-order valence-electron chi connectivity index (χ1n) is 11.0. The Morgan fingerprint density at radius 3 is 2.23 bits per heavy atom. The summed E-state index contributed by atoms with van der Waals surface area (Å²) in [6.45, 7) is 3.14. The fourth-order valence-electron chi connectivity index (χ4n) is 3.45. The van der Waals surface area contributed by atoms with Crippen LogP contribution in [0.3, 0.4) is 0 Å². The van der Waals surface area contributed by atoms with Crippen LogP contribution in [0.25, 0.3) is 0 Å². The first-order chi connectivity index (χ1) is 16.4. The van der Waals surface area contributed by atoms with Crippen molar-refractivity contribution in [3.05, 3.63) is 65.2 Å². The third-order valence-electron chi connectivity index (χ3n) is 5.50. The monoisotopic (exact) mass is 490 g/mol. The Bertz CT molecular complexity index is 1050. The second-order valence-electron chi connectivity index (χ2n) is 8.47. The molecule has 2 rings (SSSR count). The van der Waals surface area contributed by atoms with Crippen molar-refractivity contribution in [3.8, 4) is 11.8 Å². The van der Waals surface area contributed by atoms with Crippen LogP contribution in [-0.4, -0.2) is 37.2 Å². The minimum Gasteiger partial charge on any atom is -0.497 e. The van der Waals surface area contributed by atoms with Crippen LogP contribution in [0.2, 0.25) is 0 Å². The van der Waals surface area contributed by atoms with Gasteiger partial charge in [-0.25, -0.2) is 0 Å². The molecule has 0 heterocycles. The van der Waals surface area contributed by atoms with Crippen molar-refractivity contribution in [1.29, 1.82) is 5.26 Å². The summed E-state index contributed by atoms with van der Waals surface area (Å²) in [4.78, 5) is 26.0. The number of ether oxygens (including phenoxy) is 1. The molecule has 2 unspecified atom stereocenters. The SMILES string of the molecule is COc1ccc(C(NC(=O)C(N)Cc2ccccc2C#N)C(=O)N[C@H](CC(F)(F)F)C(C)C)cc1. The predicted molar refractivity (Wildman–Crippen MR) is 124 cm³/mol. The van der Waals surface area contributed by atoms with Gasteiger partial charge in [-0.05, 0) is 41.7 Å². The molecule has 0 saturated carbocycles. The Hall–Kier alpha value is -3.58. The Balaban J connectivity index is 2.27. The molecule has 0 aliphatic heterocycles. The van der Waals surface area contributed by atoms with Gasteiger partial charge in [0.2, 0.25) is 11.8 Å². The normalized spacial score (nSPS) is 13.9.